The zero-order valence-electron chi connectivity index (χ0n) is 17.4. The van der Waals surface area contributed by atoms with Gasteiger partial charge >= 0.3 is 0 Å². The second-order valence-corrected chi connectivity index (χ2v) is 8.09. The van der Waals surface area contributed by atoms with Crippen LogP contribution < -0.4 is 4.74 Å². The van der Waals surface area contributed by atoms with Gasteiger partial charge in [0.15, 0.2) is 0 Å². The number of hydrogen-bond donors (Lipinski definition) is 2. The lowest BCUT2D eigenvalue weighted by molar-refractivity contribution is -0.113. The van der Waals surface area contributed by atoms with Crippen LogP contribution in [0.15, 0.2) is 42.5 Å². The molecule has 0 bridgehead atoms. The highest BCUT2D eigenvalue weighted by molar-refractivity contribution is 6.31. The fraction of sp³-hybridized carbons (Fsp3) is 0.500. The van der Waals surface area contributed by atoms with E-state index in [2.05, 4.69) is 6.92 Å². The quantitative estimate of drug-likeness (QED) is 0.545. The largest absolute Gasteiger partial charge is 0.491 e. The van der Waals surface area contributed by atoms with E-state index < -0.39 is 6.10 Å². The Morgan fingerprint density at radius 1 is 1.07 bits per heavy atom. The van der Waals surface area contributed by atoms with Crippen LogP contribution in [0.5, 0.6) is 5.75 Å². The minimum atomic E-state index is -0.472. The molecule has 0 radical (unpaired) electrons. The third-order valence-corrected chi connectivity index (χ3v) is 5.55. The van der Waals surface area contributed by atoms with Gasteiger partial charge in [0.1, 0.15) is 12.4 Å². The summed E-state index contributed by atoms with van der Waals surface area (Å²) in [5, 5.41) is 20.2. The molecule has 2 aromatic carbocycles. The lowest BCUT2D eigenvalue weighted by Gasteiger charge is -2.32. The first-order valence-electron chi connectivity index (χ1n) is 10.6. The molecule has 0 aromatic heterocycles. The number of hydrogen-bond acceptors (Lipinski definition) is 5. The summed E-state index contributed by atoms with van der Waals surface area (Å²) in [7, 11) is 0. The molecule has 0 amide bonds. The first-order valence-corrected chi connectivity index (χ1v) is 11.0. The van der Waals surface area contributed by atoms with Gasteiger partial charge in [-0.1, -0.05) is 42.8 Å². The van der Waals surface area contributed by atoms with Crippen LogP contribution in [-0.2, 0) is 15.9 Å². The molecule has 6 heteroatoms. The van der Waals surface area contributed by atoms with Crippen LogP contribution in [0.3, 0.4) is 0 Å². The van der Waals surface area contributed by atoms with Crippen molar-refractivity contribution in [2.45, 2.75) is 50.9 Å². The van der Waals surface area contributed by atoms with E-state index in [4.69, 9.17) is 25.8 Å². The van der Waals surface area contributed by atoms with Crippen LogP contribution in [0.1, 0.15) is 49.0 Å². The van der Waals surface area contributed by atoms with Crippen LogP contribution in [0.4, 0.5) is 0 Å². The molecule has 3 unspecified atom stereocenters. The van der Waals surface area contributed by atoms with E-state index in [1.165, 1.54) is 0 Å². The van der Waals surface area contributed by atoms with Crippen molar-refractivity contribution in [3.8, 4) is 5.75 Å². The highest BCUT2D eigenvalue weighted by Crippen LogP contribution is 2.33. The van der Waals surface area contributed by atoms with Gasteiger partial charge in [0, 0.05) is 24.5 Å². The van der Waals surface area contributed by atoms with E-state index >= 15 is 0 Å². The summed E-state index contributed by atoms with van der Waals surface area (Å²) in [5.74, 6) is 0.818. The van der Waals surface area contributed by atoms with Gasteiger partial charge in [0.25, 0.3) is 0 Å². The highest BCUT2D eigenvalue weighted by atomic mass is 35.5. The van der Waals surface area contributed by atoms with Gasteiger partial charge in [-0.25, -0.2) is 0 Å². The molecule has 0 saturated carbocycles. The van der Waals surface area contributed by atoms with E-state index in [0.717, 1.165) is 35.5 Å². The lowest BCUT2D eigenvalue weighted by Crippen LogP contribution is -2.33. The Labute approximate surface area is 183 Å². The summed E-state index contributed by atoms with van der Waals surface area (Å²) in [5.41, 5.74) is 3.10. The Hall–Kier alpha value is -1.63. The zero-order chi connectivity index (χ0) is 21.3. The smallest absolute Gasteiger partial charge is 0.119 e. The Morgan fingerprint density at radius 3 is 2.60 bits per heavy atom. The van der Waals surface area contributed by atoms with E-state index in [-0.39, 0.29) is 18.8 Å². The SMILES string of the molecule is CCCOCCOc1ccc(Cc2cc(C3CC(O)CC(CO)O3)ccc2Cl)cc1. The van der Waals surface area contributed by atoms with Crippen LogP contribution >= 0.6 is 11.6 Å². The molecule has 0 spiro atoms. The standard InChI is InChI=1S/C24H31ClO5/c1-2-9-28-10-11-29-21-6-3-17(4-7-21)12-19-13-18(5-8-23(19)25)24-15-20(27)14-22(16-26)30-24/h3-8,13,20,22,24,26-27H,2,9-12,14-16H2,1H3. The summed E-state index contributed by atoms with van der Waals surface area (Å²) < 4.78 is 17.1. The van der Waals surface area contributed by atoms with E-state index in [1.54, 1.807) is 0 Å². The molecular formula is C24H31ClO5. The van der Waals surface area contributed by atoms with Gasteiger partial charge in [-0.2, -0.15) is 0 Å². The van der Waals surface area contributed by atoms with Crippen LogP contribution in [-0.4, -0.2) is 48.8 Å². The summed E-state index contributed by atoms with van der Waals surface area (Å²) in [6.07, 6.45) is 1.63. The molecule has 1 fully saturated rings. The van der Waals surface area contributed by atoms with Crippen molar-refractivity contribution in [3.05, 3.63) is 64.2 Å². The van der Waals surface area contributed by atoms with Crippen LogP contribution in [0.2, 0.25) is 5.02 Å². The predicted octanol–water partition coefficient (Wildman–Crippen LogP) is 4.31. The van der Waals surface area contributed by atoms with Crippen molar-refractivity contribution in [1.29, 1.82) is 0 Å². The Bertz CT molecular complexity index is 780. The van der Waals surface area contributed by atoms with Gasteiger partial charge in [-0.3, -0.25) is 0 Å². The van der Waals surface area contributed by atoms with Gasteiger partial charge in [-0.15, -0.1) is 0 Å². The van der Waals surface area contributed by atoms with Crippen molar-refractivity contribution >= 4 is 11.6 Å². The van der Waals surface area contributed by atoms with Crippen molar-refractivity contribution in [3.63, 3.8) is 0 Å². The first-order chi connectivity index (χ1) is 14.6. The Balaban J connectivity index is 1.61. The molecule has 0 aliphatic carbocycles. The number of halogens is 1. The summed E-state index contributed by atoms with van der Waals surface area (Å²) in [6.45, 7) is 3.88. The maximum Gasteiger partial charge on any atom is 0.119 e. The number of benzene rings is 2. The fourth-order valence-corrected chi connectivity index (χ4v) is 3.83. The molecule has 164 valence electrons. The maximum absolute atomic E-state index is 10.1. The number of rotatable bonds is 10. The molecule has 2 aromatic rings. The second-order valence-electron chi connectivity index (χ2n) is 7.69. The molecule has 1 aliphatic heterocycles. The lowest BCUT2D eigenvalue weighted by atomic mass is 9.94. The van der Waals surface area contributed by atoms with E-state index in [0.29, 0.717) is 37.5 Å². The van der Waals surface area contributed by atoms with Crippen LogP contribution in [0.25, 0.3) is 0 Å². The molecule has 2 N–H and O–H groups in total. The third kappa shape index (κ3) is 6.69. The normalized spacial score (nSPS) is 21.5. The maximum atomic E-state index is 10.1. The third-order valence-electron chi connectivity index (χ3n) is 5.19. The van der Waals surface area contributed by atoms with Crippen LogP contribution in [0, 0.1) is 0 Å². The van der Waals surface area contributed by atoms with Crippen molar-refractivity contribution in [2.75, 3.05) is 26.4 Å². The minimum absolute atomic E-state index is 0.0901. The summed E-state index contributed by atoms with van der Waals surface area (Å²) in [4.78, 5) is 0. The average Bonchev–Trinajstić information content (AvgIpc) is 2.75. The molecule has 1 aliphatic rings. The molecule has 3 rings (SSSR count). The topological polar surface area (TPSA) is 68.2 Å². The van der Waals surface area contributed by atoms with Gasteiger partial charge < -0.3 is 24.4 Å². The van der Waals surface area contributed by atoms with E-state index in [9.17, 15) is 10.2 Å². The van der Waals surface area contributed by atoms with Gasteiger partial charge in [-0.05, 0) is 47.7 Å². The molecular weight excluding hydrogens is 404 g/mol. The van der Waals surface area contributed by atoms with Gasteiger partial charge in [0.05, 0.1) is 31.5 Å². The second kappa shape index (κ2) is 11.7. The monoisotopic (exact) mass is 434 g/mol. The summed E-state index contributed by atoms with van der Waals surface area (Å²) >= 11 is 6.44. The molecule has 5 nitrogen and oxygen atoms in total. The Morgan fingerprint density at radius 2 is 1.87 bits per heavy atom. The summed E-state index contributed by atoms with van der Waals surface area (Å²) in [6, 6.07) is 13.8. The van der Waals surface area contributed by atoms with Crippen molar-refractivity contribution in [2.24, 2.45) is 0 Å². The predicted molar refractivity (Wildman–Crippen MR) is 117 cm³/mol. The number of aliphatic hydroxyl groups is 2. The van der Waals surface area contributed by atoms with E-state index in [1.807, 2.05) is 42.5 Å². The first kappa shape index (κ1) is 23.0. The zero-order valence-corrected chi connectivity index (χ0v) is 18.2. The minimum Gasteiger partial charge on any atom is -0.491 e. The number of aliphatic hydroxyl groups excluding tert-OH is 2. The molecule has 30 heavy (non-hydrogen) atoms. The average molecular weight is 435 g/mol. The number of ether oxygens (including phenoxy) is 3. The fourth-order valence-electron chi connectivity index (χ4n) is 3.64. The molecule has 3 atom stereocenters. The molecule has 1 heterocycles. The van der Waals surface area contributed by atoms with Gasteiger partial charge in [0.2, 0.25) is 0 Å². The molecule has 1 saturated heterocycles. The van der Waals surface area contributed by atoms with Crippen molar-refractivity contribution < 1.29 is 24.4 Å². The highest BCUT2D eigenvalue weighted by Gasteiger charge is 2.29. The van der Waals surface area contributed by atoms with Crippen molar-refractivity contribution in [1.82, 2.24) is 0 Å². The Kier molecular flexibility index (Phi) is 8.97.